The Labute approximate surface area is 200 Å². The molecule has 0 N–H and O–H groups in total. The van der Waals surface area contributed by atoms with E-state index in [4.69, 9.17) is 0 Å². The van der Waals surface area contributed by atoms with E-state index in [2.05, 4.69) is 52.0 Å². The Morgan fingerprint density at radius 1 is 0.720 bits per heavy atom. The van der Waals surface area contributed by atoms with E-state index in [1.54, 1.807) is 0 Å². The van der Waals surface area contributed by atoms with E-state index in [9.17, 15) is 0 Å². The summed E-state index contributed by atoms with van der Waals surface area (Å²) in [5.74, 6) is 0. The summed E-state index contributed by atoms with van der Waals surface area (Å²) in [5.41, 5.74) is 5.65. The van der Waals surface area contributed by atoms with Gasteiger partial charge in [0.25, 0.3) is 0 Å². The van der Waals surface area contributed by atoms with Gasteiger partial charge in [-0.2, -0.15) is 11.1 Å². The number of hydrogen-bond acceptors (Lipinski definition) is 0. The average molecular weight is 503 g/mol. The maximum atomic E-state index is 3.37. The summed E-state index contributed by atoms with van der Waals surface area (Å²) in [7, 11) is 0. The molecular formula is C20H30Cl4Zr-2. The molecule has 5 heteroatoms. The number of hydrogen-bond donors (Lipinski definition) is 0. The minimum atomic E-state index is 0. The molecule has 0 unspecified atom stereocenters. The molecule has 25 heavy (non-hydrogen) atoms. The van der Waals surface area contributed by atoms with E-state index in [0.717, 1.165) is 12.8 Å². The molecule has 0 aliphatic heterocycles. The third-order valence-electron chi connectivity index (χ3n) is 3.66. The van der Waals surface area contributed by atoms with Gasteiger partial charge in [0.2, 0.25) is 0 Å². The van der Waals surface area contributed by atoms with Gasteiger partial charge in [-0.1, -0.05) is 79.1 Å². The summed E-state index contributed by atoms with van der Waals surface area (Å²) < 4.78 is 0. The molecule has 0 heterocycles. The van der Waals surface area contributed by atoms with Crippen molar-refractivity contribution >= 4 is 0 Å². The van der Waals surface area contributed by atoms with Crippen LogP contribution in [0.1, 0.15) is 79.1 Å². The van der Waals surface area contributed by atoms with E-state index in [1.165, 1.54) is 60.8 Å². The zero-order chi connectivity index (χ0) is 14.8. The van der Waals surface area contributed by atoms with Gasteiger partial charge in [0, 0.05) is 0 Å². The monoisotopic (exact) mass is 500 g/mol. The minimum absolute atomic E-state index is 0. The van der Waals surface area contributed by atoms with Crippen molar-refractivity contribution in [3.05, 3.63) is 46.6 Å². The number of allylic oxidation sites excluding steroid dienone is 8. The van der Waals surface area contributed by atoms with E-state index in [-0.39, 0.29) is 75.8 Å². The van der Waals surface area contributed by atoms with Crippen molar-refractivity contribution in [1.29, 1.82) is 0 Å². The summed E-state index contributed by atoms with van der Waals surface area (Å²) in [6, 6.07) is 0. The molecule has 0 radical (unpaired) electrons. The number of rotatable bonds is 6. The first-order valence-corrected chi connectivity index (χ1v) is 8.22. The molecule has 0 aromatic carbocycles. The first-order valence-electron chi connectivity index (χ1n) is 8.22. The summed E-state index contributed by atoms with van der Waals surface area (Å²) in [6.07, 6.45) is 21.3. The second-order valence-electron chi connectivity index (χ2n) is 5.88. The smallest absolute Gasteiger partial charge is 1.00 e. The van der Waals surface area contributed by atoms with E-state index < -0.39 is 0 Å². The van der Waals surface area contributed by atoms with Crippen LogP contribution in [-0.4, -0.2) is 0 Å². The van der Waals surface area contributed by atoms with Gasteiger partial charge < -0.3 is 49.6 Å². The fourth-order valence-corrected chi connectivity index (χ4v) is 2.37. The average Bonchev–Trinajstić information content (AvgIpc) is 3.03. The van der Waals surface area contributed by atoms with Crippen molar-refractivity contribution in [2.24, 2.45) is 0 Å². The summed E-state index contributed by atoms with van der Waals surface area (Å²) >= 11 is 0. The number of unbranched alkanes of at least 4 members (excludes halogenated alkanes) is 2. The quantitative estimate of drug-likeness (QED) is 0.318. The molecule has 0 fully saturated rings. The van der Waals surface area contributed by atoms with Crippen LogP contribution in [0.2, 0.25) is 0 Å². The largest absolute Gasteiger partial charge is 4.00 e. The normalized spacial score (nSPS) is 13.6. The molecule has 0 amide bonds. The molecule has 0 spiro atoms. The third-order valence-corrected chi connectivity index (χ3v) is 3.66. The van der Waals surface area contributed by atoms with Crippen LogP contribution in [0.15, 0.2) is 34.4 Å². The predicted octanol–water partition coefficient (Wildman–Crippen LogP) is -5.47. The van der Waals surface area contributed by atoms with Crippen LogP contribution in [0, 0.1) is 12.2 Å². The van der Waals surface area contributed by atoms with Crippen LogP contribution in [-0.2, 0) is 26.2 Å². The molecule has 144 valence electrons. The Balaban J connectivity index is -0.0000000889. The molecule has 2 aliphatic rings. The molecule has 0 bridgehead atoms. The first kappa shape index (κ1) is 36.9. The zero-order valence-corrected chi connectivity index (χ0v) is 21.3. The number of halogens is 4. The molecule has 0 aromatic heterocycles. The Morgan fingerprint density at radius 3 is 1.24 bits per heavy atom. The molecule has 0 nitrogen and oxygen atoms in total. The Kier molecular flexibility index (Phi) is 34.0. The van der Waals surface area contributed by atoms with Gasteiger partial charge in [-0.15, -0.1) is 0 Å². The third kappa shape index (κ3) is 18.1. The first-order chi connectivity index (χ1) is 9.65. The van der Waals surface area contributed by atoms with Crippen LogP contribution in [0.4, 0.5) is 0 Å². The van der Waals surface area contributed by atoms with Crippen LogP contribution in [0.5, 0.6) is 0 Å². The second kappa shape index (κ2) is 23.0. The van der Waals surface area contributed by atoms with Crippen LogP contribution in [0.25, 0.3) is 0 Å². The Bertz CT molecular complexity index is 383. The maximum Gasteiger partial charge on any atom is 4.00 e. The summed E-state index contributed by atoms with van der Waals surface area (Å²) in [6.45, 7) is 8.75. The van der Waals surface area contributed by atoms with Gasteiger partial charge in [0.1, 0.15) is 0 Å². The topological polar surface area (TPSA) is 0 Å². The van der Waals surface area contributed by atoms with Gasteiger partial charge in [0.15, 0.2) is 0 Å². The van der Waals surface area contributed by atoms with Gasteiger partial charge in [-0.05, 0) is 0 Å². The molecule has 0 aromatic rings. The van der Waals surface area contributed by atoms with Crippen molar-refractivity contribution in [1.82, 2.24) is 0 Å². The van der Waals surface area contributed by atoms with E-state index in [0.29, 0.717) is 0 Å². The van der Waals surface area contributed by atoms with Gasteiger partial charge in [0.05, 0.1) is 0 Å². The maximum absolute atomic E-state index is 3.37. The summed E-state index contributed by atoms with van der Waals surface area (Å²) in [5, 5.41) is 0. The molecule has 2 aliphatic carbocycles. The van der Waals surface area contributed by atoms with Crippen molar-refractivity contribution in [2.75, 3.05) is 0 Å². The van der Waals surface area contributed by atoms with Crippen molar-refractivity contribution < 1.29 is 75.8 Å². The molecule has 0 atom stereocenters. The SMILES string of the molecule is CCCCC1=CCC(C)=[C-]1.CCCCC1=CCC(C)=[C-]1.[Cl-].[Cl-].[Cl-].[Cl-].[Zr+4]. The Hall–Kier alpha value is 1.00. The van der Waals surface area contributed by atoms with Crippen LogP contribution >= 0.6 is 0 Å². The minimum Gasteiger partial charge on any atom is -1.00 e. The van der Waals surface area contributed by atoms with Crippen molar-refractivity contribution in [2.45, 2.75) is 79.1 Å². The molecule has 2 rings (SSSR count). The standard InChI is InChI=1S/2C10H15.4ClH.Zr/c2*1-3-4-5-10-7-6-9(2)8-10;;;;;/h2*7H,3-6H2,1-2H3;4*1H;/q2*-1;;;;;+4/p-4. The van der Waals surface area contributed by atoms with Crippen molar-refractivity contribution in [3.8, 4) is 0 Å². The van der Waals surface area contributed by atoms with Crippen molar-refractivity contribution in [3.63, 3.8) is 0 Å². The molecule has 0 saturated carbocycles. The Morgan fingerprint density at radius 2 is 1.04 bits per heavy atom. The van der Waals surface area contributed by atoms with Gasteiger partial charge in [-0.25, -0.2) is 35.5 Å². The van der Waals surface area contributed by atoms with Gasteiger partial charge in [-0.3, -0.25) is 0 Å². The predicted molar refractivity (Wildman–Crippen MR) is 89.3 cm³/mol. The van der Waals surface area contributed by atoms with Crippen LogP contribution < -0.4 is 49.6 Å². The van der Waals surface area contributed by atoms with E-state index >= 15 is 0 Å². The van der Waals surface area contributed by atoms with Gasteiger partial charge >= 0.3 is 26.2 Å². The summed E-state index contributed by atoms with van der Waals surface area (Å²) in [4.78, 5) is 0. The zero-order valence-electron chi connectivity index (χ0n) is 15.8. The fraction of sp³-hybridized carbons (Fsp3) is 0.600. The van der Waals surface area contributed by atoms with Crippen LogP contribution in [0.3, 0.4) is 0 Å². The second-order valence-corrected chi connectivity index (χ2v) is 5.88. The fourth-order valence-electron chi connectivity index (χ4n) is 2.37. The molecular weight excluding hydrogens is 473 g/mol. The molecule has 0 saturated heterocycles. The van der Waals surface area contributed by atoms with E-state index in [1.807, 2.05) is 0 Å².